The number of rotatable bonds is 5. The molecule has 0 radical (unpaired) electrons. The van der Waals surface area contributed by atoms with E-state index in [9.17, 15) is 9.18 Å². The molecular weight excluding hydrogens is 209 g/mol. The summed E-state index contributed by atoms with van der Waals surface area (Å²) in [6, 6.07) is 6.23. The van der Waals surface area contributed by atoms with Gasteiger partial charge in [0, 0.05) is 5.92 Å². The van der Waals surface area contributed by atoms with Gasteiger partial charge in [0.15, 0.2) is 11.6 Å². The van der Waals surface area contributed by atoms with Gasteiger partial charge in [0.1, 0.15) is 6.61 Å². The van der Waals surface area contributed by atoms with Gasteiger partial charge in [0.25, 0.3) is 0 Å². The molecule has 0 saturated heterocycles. The molecule has 2 rings (SSSR count). The summed E-state index contributed by atoms with van der Waals surface area (Å²) in [6.07, 6.45) is 1.97. The van der Waals surface area contributed by atoms with Crippen molar-refractivity contribution in [1.82, 2.24) is 5.32 Å². The van der Waals surface area contributed by atoms with Crippen LogP contribution >= 0.6 is 0 Å². The van der Waals surface area contributed by atoms with Crippen molar-refractivity contribution in [3.8, 4) is 5.75 Å². The van der Waals surface area contributed by atoms with Crippen LogP contribution in [-0.2, 0) is 4.79 Å². The van der Waals surface area contributed by atoms with Crippen molar-refractivity contribution in [2.45, 2.75) is 12.8 Å². The second-order valence-corrected chi connectivity index (χ2v) is 3.84. The van der Waals surface area contributed by atoms with Gasteiger partial charge in [-0.2, -0.15) is 0 Å². The summed E-state index contributed by atoms with van der Waals surface area (Å²) in [5.74, 6) is 0.129. The zero-order valence-electron chi connectivity index (χ0n) is 8.91. The highest BCUT2D eigenvalue weighted by atomic mass is 19.1. The van der Waals surface area contributed by atoms with E-state index in [1.165, 1.54) is 6.07 Å². The predicted octanol–water partition coefficient (Wildman–Crippen LogP) is 1.73. The van der Waals surface area contributed by atoms with Crippen LogP contribution in [0.4, 0.5) is 4.39 Å². The van der Waals surface area contributed by atoms with Gasteiger partial charge < -0.3 is 10.1 Å². The van der Waals surface area contributed by atoms with Gasteiger partial charge in [-0.1, -0.05) is 12.1 Å². The zero-order valence-corrected chi connectivity index (χ0v) is 8.91. The highest BCUT2D eigenvalue weighted by Gasteiger charge is 2.28. The number of nitrogens with one attached hydrogen (secondary N) is 1. The first kappa shape index (κ1) is 10.9. The molecule has 16 heavy (non-hydrogen) atoms. The number of hydrogen-bond acceptors (Lipinski definition) is 2. The van der Waals surface area contributed by atoms with E-state index < -0.39 is 0 Å². The second-order valence-electron chi connectivity index (χ2n) is 3.84. The lowest BCUT2D eigenvalue weighted by atomic mass is 10.3. The fraction of sp³-hybridized carbons (Fsp3) is 0.417. The van der Waals surface area contributed by atoms with Crippen LogP contribution in [0.25, 0.3) is 0 Å². The highest BCUT2D eigenvalue weighted by Crippen LogP contribution is 2.28. The molecule has 1 aliphatic rings. The normalized spacial score (nSPS) is 14.6. The van der Waals surface area contributed by atoms with Gasteiger partial charge in [-0.15, -0.1) is 0 Å². The number of hydrogen-bond donors (Lipinski definition) is 1. The number of ether oxygens (including phenoxy) is 1. The van der Waals surface area contributed by atoms with E-state index in [4.69, 9.17) is 4.74 Å². The molecule has 1 aliphatic carbocycles. The monoisotopic (exact) mass is 223 g/mol. The van der Waals surface area contributed by atoms with Crippen LogP contribution in [0.15, 0.2) is 24.3 Å². The lowest BCUT2D eigenvalue weighted by molar-refractivity contribution is -0.122. The van der Waals surface area contributed by atoms with Crippen molar-refractivity contribution in [2.24, 2.45) is 5.92 Å². The zero-order chi connectivity index (χ0) is 11.4. The van der Waals surface area contributed by atoms with Gasteiger partial charge >= 0.3 is 0 Å². The van der Waals surface area contributed by atoms with Crippen molar-refractivity contribution in [1.29, 1.82) is 0 Å². The number of halogens is 1. The van der Waals surface area contributed by atoms with Crippen molar-refractivity contribution >= 4 is 5.91 Å². The first-order chi connectivity index (χ1) is 7.77. The van der Waals surface area contributed by atoms with E-state index in [-0.39, 0.29) is 23.4 Å². The fourth-order valence-corrected chi connectivity index (χ4v) is 1.39. The SMILES string of the molecule is O=C(NCCOc1ccccc1F)C1CC1. The Balaban J connectivity index is 1.67. The third-order valence-electron chi connectivity index (χ3n) is 2.44. The van der Waals surface area contributed by atoms with Gasteiger partial charge in [-0.25, -0.2) is 4.39 Å². The van der Waals surface area contributed by atoms with Crippen molar-refractivity contribution in [3.63, 3.8) is 0 Å². The molecule has 1 aromatic carbocycles. The molecule has 1 amide bonds. The topological polar surface area (TPSA) is 38.3 Å². The number of carbonyl (C=O) groups excluding carboxylic acids is 1. The van der Waals surface area contributed by atoms with Gasteiger partial charge in [0.2, 0.25) is 5.91 Å². The first-order valence-corrected chi connectivity index (χ1v) is 5.42. The third-order valence-corrected chi connectivity index (χ3v) is 2.44. The molecule has 3 nitrogen and oxygen atoms in total. The maximum Gasteiger partial charge on any atom is 0.223 e. The summed E-state index contributed by atoms with van der Waals surface area (Å²) in [5, 5.41) is 2.75. The maximum atomic E-state index is 13.1. The molecule has 0 unspecified atom stereocenters. The van der Waals surface area contributed by atoms with E-state index in [2.05, 4.69) is 5.32 Å². The minimum atomic E-state index is -0.379. The number of amides is 1. The maximum absolute atomic E-state index is 13.1. The van der Waals surface area contributed by atoms with E-state index in [0.717, 1.165) is 12.8 Å². The Kier molecular flexibility index (Phi) is 3.39. The summed E-state index contributed by atoms with van der Waals surface area (Å²) in [7, 11) is 0. The van der Waals surface area contributed by atoms with Crippen molar-refractivity contribution < 1.29 is 13.9 Å². The predicted molar refractivity (Wildman–Crippen MR) is 57.6 cm³/mol. The quantitative estimate of drug-likeness (QED) is 0.772. The third kappa shape index (κ3) is 2.95. The molecule has 1 saturated carbocycles. The lowest BCUT2D eigenvalue weighted by Gasteiger charge is -2.07. The minimum absolute atomic E-state index is 0.0807. The van der Waals surface area contributed by atoms with E-state index >= 15 is 0 Å². The Morgan fingerprint density at radius 1 is 1.44 bits per heavy atom. The lowest BCUT2D eigenvalue weighted by Crippen LogP contribution is -2.29. The highest BCUT2D eigenvalue weighted by molar-refractivity contribution is 5.80. The Morgan fingerprint density at radius 2 is 2.19 bits per heavy atom. The van der Waals surface area contributed by atoms with Crippen LogP contribution in [0, 0.1) is 11.7 Å². The standard InChI is InChI=1S/C12H14FNO2/c13-10-3-1-2-4-11(10)16-8-7-14-12(15)9-5-6-9/h1-4,9H,5-8H2,(H,14,15). The molecule has 86 valence electrons. The largest absolute Gasteiger partial charge is 0.489 e. The summed E-state index contributed by atoms with van der Waals surface area (Å²) in [6.45, 7) is 0.711. The van der Waals surface area contributed by atoms with Crippen molar-refractivity contribution in [3.05, 3.63) is 30.1 Å². The van der Waals surface area contributed by atoms with Crippen LogP contribution in [0.2, 0.25) is 0 Å². The molecule has 4 heteroatoms. The number of carbonyl (C=O) groups is 1. The molecule has 0 aliphatic heterocycles. The molecule has 0 bridgehead atoms. The molecular formula is C12H14FNO2. The van der Waals surface area contributed by atoms with E-state index in [0.29, 0.717) is 13.2 Å². The van der Waals surface area contributed by atoms with Crippen LogP contribution in [0.5, 0.6) is 5.75 Å². The van der Waals surface area contributed by atoms with Crippen LogP contribution in [-0.4, -0.2) is 19.1 Å². The first-order valence-electron chi connectivity index (χ1n) is 5.42. The molecule has 0 spiro atoms. The van der Waals surface area contributed by atoms with Crippen LogP contribution in [0.3, 0.4) is 0 Å². The summed E-state index contributed by atoms with van der Waals surface area (Å²) in [5.41, 5.74) is 0. The average Bonchev–Trinajstić information content (AvgIpc) is 3.10. The molecule has 1 fully saturated rings. The number of benzene rings is 1. The molecule has 0 heterocycles. The summed E-state index contributed by atoms with van der Waals surface area (Å²) < 4.78 is 18.3. The van der Waals surface area contributed by atoms with E-state index in [1.807, 2.05) is 0 Å². The Hall–Kier alpha value is -1.58. The van der Waals surface area contributed by atoms with Gasteiger partial charge in [-0.05, 0) is 25.0 Å². The van der Waals surface area contributed by atoms with Crippen LogP contribution in [0.1, 0.15) is 12.8 Å². The molecule has 1 N–H and O–H groups in total. The Morgan fingerprint density at radius 3 is 2.88 bits per heavy atom. The fourth-order valence-electron chi connectivity index (χ4n) is 1.39. The smallest absolute Gasteiger partial charge is 0.223 e. The molecule has 0 aromatic heterocycles. The van der Waals surface area contributed by atoms with E-state index in [1.54, 1.807) is 18.2 Å². The Bertz CT molecular complexity index is 377. The minimum Gasteiger partial charge on any atom is -0.489 e. The molecule has 1 aromatic rings. The van der Waals surface area contributed by atoms with Gasteiger partial charge in [-0.3, -0.25) is 4.79 Å². The molecule has 0 atom stereocenters. The summed E-state index contributed by atoms with van der Waals surface area (Å²) >= 11 is 0. The Labute approximate surface area is 93.6 Å². The van der Waals surface area contributed by atoms with Gasteiger partial charge in [0.05, 0.1) is 6.54 Å². The number of para-hydroxylation sites is 1. The summed E-state index contributed by atoms with van der Waals surface area (Å²) in [4.78, 5) is 11.2. The second kappa shape index (κ2) is 4.96. The average molecular weight is 223 g/mol. The van der Waals surface area contributed by atoms with Crippen molar-refractivity contribution in [2.75, 3.05) is 13.2 Å². The van der Waals surface area contributed by atoms with Crippen LogP contribution < -0.4 is 10.1 Å².